The molecule has 0 bridgehead atoms. The van der Waals surface area contributed by atoms with Crippen molar-refractivity contribution in [3.8, 4) is 0 Å². The Labute approximate surface area is 132 Å². The molecule has 1 heterocycles. The molecule has 1 aromatic carbocycles. The summed E-state index contributed by atoms with van der Waals surface area (Å²) in [6.07, 6.45) is 0.988. The first kappa shape index (κ1) is 15.8. The maximum Gasteiger partial charge on any atom is 0.142 e. The minimum atomic E-state index is -0.396. The van der Waals surface area contributed by atoms with Gasteiger partial charge in [-0.25, -0.2) is 4.39 Å². The van der Waals surface area contributed by atoms with E-state index in [-0.39, 0.29) is 11.1 Å². The van der Waals surface area contributed by atoms with Crippen molar-refractivity contribution in [2.45, 2.75) is 26.3 Å². The maximum absolute atomic E-state index is 13.7. The summed E-state index contributed by atoms with van der Waals surface area (Å²) in [5.41, 5.74) is 1.78. The molecular formula is C15H16Cl2FNS. The number of nitrogens with one attached hydrogen (secondary N) is 1. The van der Waals surface area contributed by atoms with Gasteiger partial charge in [0.1, 0.15) is 5.82 Å². The number of aryl methyl sites for hydroxylation is 1. The van der Waals surface area contributed by atoms with E-state index in [1.54, 1.807) is 6.07 Å². The molecule has 0 spiro atoms. The molecule has 0 fully saturated rings. The molecule has 1 atom stereocenters. The minimum absolute atomic E-state index is 0.130. The number of hydrogen-bond acceptors (Lipinski definition) is 2. The number of rotatable bonds is 5. The topological polar surface area (TPSA) is 12.0 Å². The van der Waals surface area contributed by atoms with Gasteiger partial charge in [0.15, 0.2) is 0 Å². The Bertz CT molecular complexity index is 578. The Morgan fingerprint density at radius 2 is 2.10 bits per heavy atom. The molecule has 1 unspecified atom stereocenters. The molecule has 1 nitrogen and oxygen atoms in total. The second kappa shape index (κ2) is 6.90. The minimum Gasteiger partial charge on any atom is -0.306 e. The highest BCUT2D eigenvalue weighted by Gasteiger charge is 2.20. The van der Waals surface area contributed by atoms with E-state index in [4.69, 9.17) is 23.2 Å². The Hall–Kier alpha value is -0.610. The fraction of sp³-hybridized carbons (Fsp3) is 0.333. The lowest BCUT2D eigenvalue weighted by Gasteiger charge is -2.19. The lowest BCUT2D eigenvalue weighted by Crippen LogP contribution is -2.22. The second-order valence-corrected chi connectivity index (χ2v) is 6.70. The number of halogens is 3. The molecule has 0 amide bonds. The van der Waals surface area contributed by atoms with Crippen LogP contribution in [0.25, 0.3) is 0 Å². The fourth-order valence-electron chi connectivity index (χ4n) is 2.02. The van der Waals surface area contributed by atoms with Crippen LogP contribution in [0.3, 0.4) is 0 Å². The van der Waals surface area contributed by atoms with Crippen LogP contribution in [-0.4, -0.2) is 6.54 Å². The van der Waals surface area contributed by atoms with Crippen molar-refractivity contribution < 1.29 is 4.39 Å². The van der Waals surface area contributed by atoms with E-state index in [1.165, 1.54) is 17.4 Å². The summed E-state index contributed by atoms with van der Waals surface area (Å²) >= 11 is 13.8. The van der Waals surface area contributed by atoms with Gasteiger partial charge in [0.2, 0.25) is 0 Å². The summed E-state index contributed by atoms with van der Waals surface area (Å²) in [4.78, 5) is 1.05. The van der Waals surface area contributed by atoms with E-state index in [2.05, 4.69) is 12.2 Å². The van der Waals surface area contributed by atoms with Gasteiger partial charge in [0.05, 0.1) is 15.4 Å². The summed E-state index contributed by atoms with van der Waals surface area (Å²) < 4.78 is 14.4. The predicted octanol–water partition coefficient (Wildman–Crippen LogP) is 5.59. The molecule has 2 aromatic rings. The molecule has 0 saturated heterocycles. The van der Waals surface area contributed by atoms with Gasteiger partial charge in [-0.3, -0.25) is 0 Å². The first-order chi connectivity index (χ1) is 9.54. The molecular weight excluding hydrogens is 316 g/mol. The third kappa shape index (κ3) is 3.34. The maximum atomic E-state index is 13.7. The quantitative estimate of drug-likeness (QED) is 0.752. The number of hydrogen-bond donors (Lipinski definition) is 1. The third-order valence-electron chi connectivity index (χ3n) is 3.05. The highest BCUT2D eigenvalue weighted by Crippen LogP contribution is 2.37. The summed E-state index contributed by atoms with van der Waals surface area (Å²) in [5, 5.41) is 3.58. The number of benzene rings is 1. The van der Waals surface area contributed by atoms with E-state index < -0.39 is 5.82 Å². The Morgan fingerprint density at radius 1 is 1.35 bits per heavy atom. The van der Waals surface area contributed by atoms with Gasteiger partial charge in [-0.05, 0) is 43.1 Å². The lowest BCUT2D eigenvalue weighted by molar-refractivity contribution is 0.591. The van der Waals surface area contributed by atoms with Crippen LogP contribution in [-0.2, 0) is 0 Å². The van der Waals surface area contributed by atoms with Crippen molar-refractivity contribution in [1.29, 1.82) is 0 Å². The average molecular weight is 332 g/mol. The highest BCUT2D eigenvalue weighted by molar-refractivity contribution is 7.16. The van der Waals surface area contributed by atoms with Crippen LogP contribution in [0, 0.1) is 12.7 Å². The zero-order chi connectivity index (χ0) is 14.7. The van der Waals surface area contributed by atoms with E-state index in [0.717, 1.165) is 33.3 Å². The Morgan fingerprint density at radius 3 is 2.70 bits per heavy atom. The standard InChI is InChI=1S/C15H16Cl2FNS/c1-3-7-19-14(12-8-9(2)15(17)20-12)10-5-4-6-11(18)13(10)16/h4-6,8,14,19H,3,7H2,1-2H3. The summed E-state index contributed by atoms with van der Waals surface area (Å²) in [6.45, 7) is 4.88. The molecule has 20 heavy (non-hydrogen) atoms. The van der Waals surface area contributed by atoms with Crippen LogP contribution >= 0.6 is 34.5 Å². The molecule has 5 heteroatoms. The first-order valence-electron chi connectivity index (χ1n) is 6.47. The van der Waals surface area contributed by atoms with Gasteiger partial charge in [0.25, 0.3) is 0 Å². The van der Waals surface area contributed by atoms with Crippen LogP contribution in [0.2, 0.25) is 9.36 Å². The number of thiophene rings is 1. The van der Waals surface area contributed by atoms with E-state index in [9.17, 15) is 4.39 Å². The SMILES string of the molecule is CCCNC(c1cc(C)c(Cl)s1)c1cccc(F)c1Cl. The smallest absolute Gasteiger partial charge is 0.142 e. The second-order valence-electron chi connectivity index (χ2n) is 4.64. The van der Waals surface area contributed by atoms with Crippen molar-refractivity contribution in [2.75, 3.05) is 6.54 Å². The monoisotopic (exact) mass is 331 g/mol. The Kier molecular flexibility index (Phi) is 5.44. The molecule has 0 radical (unpaired) electrons. The van der Waals surface area contributed by atoms with Crippen molar-refractivity contribution in [1.82, 2.24) is 5.32 Å². The third-order valence-corrected chi connectivity index (χ3v) is 5.07. The highest BCUT2D eigenvalue weighted by atomic mass is 35.5. The van der Waals surface area contributed by atoms with Crippen LogP contribution < -0.4 is 5.32 Å². The molecule has 108 valence electrons. The van der Waals surface area contributed by atoms with Crippen LogP contribution in [0.5, 0.6) is 0 Å². The molecule has 0 aliphatic carbocycles. The average Bonchev–Trinajstić information content (AvgIpc) is 2.74. The van der Waals surface area contributed by atoms with E-state index in [1.807, 2.05) is 19.1 Å². The first-order valence-corrected chi connectivity index (χ1v) is 8.05. The van der Waals surface area contributed by atoms with Gasteiger partial charge < -0.3 is 5.32 Å². The molecule has 0 aliphatic heterocycles. The lowest BCUT2D eigenvalue weighted by atomic mass is 10.0. The van der Waals surface area contributed by atoms with Gasteiger partial charge in [0, 0.05) is 4.88 Å². The molecule has 2 rings (SSSR count). The summed E-state index contributed by atoms with van der Waals surface area (Å²) in [6, 6.07) is 6.80. The fourth-order valence-corrected chi connectivity index (χ4v) is 3.57. The molecule has 1 aromatic heterocycles. The van der Waals surface area contributed by atoms with Gasteiger partial charge in [-0.2, -0.15) is 0 Å². The molecule has 0 aliphatic rings. The van der Waals surface area contributed by atoms with Crippen molar-refractivity contribution in [3.05, 3.63) is 55.4 Å². The zero-order valence-electron chi connectivity index (χ0n) is 11.3. The largest absolute Gasteiger partial charge is 0.306 e. The summed E-state index contributed by atoms with van der Waals surface area (Å²) in [5.74, 6) is -0.396. The molecule has 0 saturated carbocycles. The zero-order valence-corrected chi connectivity index (χ0v) is 13.7. The van der Waals surface area contributed by atoms with Crippen LogP contribution in [0.15, 0.2) is 24.3 Å². The molecule has 1 N–H and O–H groups in total. The van der Waals surface area contributed by atoms with Crippen molar-refractivity contribution in [3.63, 3.8) is 0 Å². The van der Waals surface area contributed by atoms with E-state index in [0.29, 0.717) is 0 Å². The van der Waals surface area contributed by atoms with E-state index >= 15 is 0 Å². The van der Waals surface area contributed by atoms with Gasteiger partial charge in [-0.15, -0.1) is 11.3 Å². The van der Waals surface area contributed by atoms with Crippen LogP contribution in [0.4, 0.5) is 4.39 Å². The van der Waals surface area contributed by atoms with Gasteiger partial charge in [-0.1, -0.05) is 42.3 Å². The predicted molar refractivity (Wildman–Crippen MR) is 85.6 cm³/mol. The van der Waals surface area contributed by atoms with Crippen LogP contribution in [0.1, 0.15) is 35.4 Å². The van der Waals surface area contributed by atoms with Crippen molar-refractivity contribution >= 4 is 34.5 Å². The van der Waals surface area contributed by atoms with Crippen molar-refractivity contribution in [2.24, 2.45) is 0 Å². The summed E-state index contributed by atoms with van der Waals surface area (Å²) in [7, 11) is 0. The Balaban J connectivity index is 2.44. The van der Waals surface area contributed by atoms with Gasteiger partial charge >= 0.3 is 0 Å². The normalized spacial score (nSPS) is 12.7.